The third-order valence-corrected chi connectivity index (χ3v) is 4.99. The predicted molar refractivity (Wildman–Crippen MR) is 75.9 cm³/mol. The third-order valence-electron chi connectivity index (χ3n) is 2.97. The lowest BCUT2D eigenvalue weighted by atomic mass is 10.1. The summed E-state index contributed by atoms with van der Waals surface area (Å²) >= 11 is 0. The largest absolute Gasteiger partial charge is 0.410 e. The summed E-state index contributed by atoms with van der Waals surface area (Å²) in [6, 6.07) is 0. The van der Waals surface area contributed by atoms with Gasteiger partial charge in [-0.3, -0.25) is 0 Å². The molecule has 4 atom stereocenters. The molecule has 0 spiro atoms. The summed E-state index contributed by atoms with van der Waals surface area (Å²) in [6.45, 7) is 14.5. The molecule has 0 aromatic heterocycles. The first-order valence-corrected chi connectivity index (χ1v) is 13.6. The fourth-order valence-electron chi connectivity index (χ4n) is 2.54. The van der Waals surface area contributed by atoms with Gasteiger partial charge in [0.2, 0.25) is 0 Å². The minimum atomic E-state index is -1.54. The van der Waals surface area contributed by atoms with Gasteiger partial charge in [0.1, 0.15) is 12.2 Å². The van der Waals surface area contributed by atoms with Crippen LogP contribution >= 0.6 is 0 Å². The molecule has 0 aromatic rings. The van der Waals surface area contributed by atoms with Crippen molar-refractivity contribution in [1.82, 2.24) is 0 Å². The Labute approximate surface area is 112 Å². The van der Waals surface area contributed by atoms with Gasteiger partial charge in [0.05, 0.1) is 25.4 Å². The van der Waals surface area contributed by atoms with Crippen LogP contribution in [0.4, 0.5) is 0 Å². The molecule has 0 radical (unpaired) electrons. The second-order valence-electron chi connectivity index (χ2n) is 7.13. The van der Waals surface area contributed by atoms with Crippen molar-refractivity contribution in [3.8, 4) is 0 Å². The molecule has 2 aliphatic heterocycles. The van der Waals surface area contributed by atoms with E-state index < -0.39 is 16.6 Å². The highest BCUT2D eigenvalue weighted by atomic mass is 28.4. The Hall–Kier alpha value is 0.274. The number of ether oxygens (including phenoxy) is 2. The quantitative estimate of drug-likeness (QED) is 0.744. The van der Waals surface area contributed by atoms with Gasteiger partial charge in [0.15, 0.2) is 16.6 Å². The Bertz CT molecular complexity index is 267. The number of rotatable bonds is 4. The van der Waals surface area contributed by atoms with E-state index in [0.29, 0.717) is 13.2 Å². The Morgan fingerprint density at radius 3 is 1.33 bits per heavy atom. The van der Waals surface area contributed by atoms with Crippen LogP contribution in [0.1, 0.15) is 0 Å². The van der Waals surface area contributed by atoms with Gasteiger partial charge in [-0.1, -0.05) is 0 Å². The van der Waals surface area contributed by atoms with Gasteiger partial charge in [-0.05, 0) is 39.3 Å². The molecule has 0 unspecified atom stereocenters. The molecule has 0 aromatic carbocycles. The molecule has 106 valence electrons. The third kappa shape index (κ3) is 3.64. The first-order chi connectivity index (χ1) is 8.16. The lowest BCUT2D eigenvalue weighted by Crippen LogP contribution is -2.42. The molecule has 0 aliphatic carbocycles. The summed E-state index contributed by atoms with van der Waals surface area (Å²) in [5.41, 5.74) is 0. The van der Waals surface area contributed by atoms with Crippen LogP contribution in [0.3, 0.4) is 0 Å². The fourth-order valence-corrected chi connectivity index (χ4v) is 4.76. The summed E-state index contributed by atoms with van der Waals surface area (Å²) in [4.78, 5) is 0. The molecule has 2 rings (SSSR count). The van der Waals surface area contributed by atoms with Crippen molar-refractivity contribution in [3.05, 3.63) is 0 Å². The molecule has 0 N–H and O–H groups in total. The maximum atomic E-state index is 6.14. The predicted octanol–water partition coefficient (Wildman–Crippen LogP) is 2.22. The van der Waals surface area contributed by atoms with E-state index in [4.69, 9.17) is 18.3 Å². The lowest BCUT2D eigenvalue weighted by molar-refractivity contribution is 0.0135. The molecule has 0 bridgehead atoms. The Kier molecular flexibility index (Phi) is 4.07. The lowest BCUT2D eigenvalue weighted by Gasteiger charge is -2.26. The molecular formula is C12H26O4Si2. The number of hydrogen-bond donors (Lipinski definition) is 0. The highest BCUT2D eigenvalue weighted by molar-refractivity contribution is 6.70. The molecule has 4 nitrogen and oxygen atoms in total. The molecule has 2 heterocycles. The standard InChI is InChI=1S/C12H26O4Si2/c1-17(2,3)15-9-7-13-12-10(8-14-11(9)12)16-18(4,5)6/h9-12H,7-8H2,1-6H3/t9-,10+,11-,12-/m1/s1. The highest BCUT2D eigenvalue weighted by Crippen LogP contribution is 2.33. The van der Waals surface area contributed by atoms with Gasteiger partial charge in [-0.15, -0.1) is 0 Å². The first kappa shape index (κ1) is 14.7. The average molecular weight is 291 g/mol. The zero-order chi connectivity index (χ0) is 13.6. The second-order valence-corrected chi connectivity index (χ2v) is 16.1. The van der Waals surface area contributed by atoms with Crippen molar-refractivity contribution in [2.24, 2.45) is 0 Å². The van der Waals surface area contributed by atoms with Gasteiger partial charge in [0.25, 0.3) is 0 Å². The van der Waals surface area contributed by atoms with Crippen LogP contribution in [0.5, 0.6) is 0 Å². The van der Waals surface area contributed by atoms with Gasteiger partial charge in [-0.2, -0.15) is 0 Å². The second kappa shape index (κ2) is 4.99. The summed E-state index contributed by atoms with van der Waals surface area (Å²) in [5, 5.41) is 0. The normalized spacial score (nSPS) is 37.0. The SMILES string of the molecule is C[Si](C)(C)O[C@H]1CO[C@H]2[C@@H]1OC[C@H]2O[Si](C)(C)C. The molecule has 2 saturated heterocycles. The summed E-state index contributed by atoms with van der Waals surface area (Å²) in [7, 11) is -3.09. The van der Waals surface area contributed by atoms with Crippen LogP contribution in [-0.2, 0) is 18.3 Å². The van der Waals surface area contributed by atoms with E-state index in [1.54, 1.807) is 0 Å². The average Bonchev–Trinajstić information content (AvgIpc) is 2.66. The summed E-state index contributed by atoms with van der Waals surface area (Å²) in [6.07, 6.45) is 0.324. The molecule has 2 fully saturated rings. The Morgan fingerprint density at radius 2 is 1.06 bits per heavy atom. The zero-order valence-electron chi connectivity index (χ0n) is 12.4. The van der Waals surface area contributed by atoms with Crippen LogP contribution in [0, 0.1) is 0 Å². The van der Waals surface area contributed by atoms with Gasteiger partial charge in [0, 0.05) is 0 Å². The minimum Gasteiger partial charge on any atom is -0.410 e. The van der Waals surface area contributed by atoms with E-state index >= 15 is 0 Å². The maximum Gasteiger partial charge on any atom is 0.184 e. The Morgan fingerprint density at radius 1 is 0.722 bits per heavy atom. The van der Waals surface area contributed by atoms with Crippen molar-refractivity contribution < 1.29 is 18.3 Å². The smallest absolute Gasteiger partial charge is 0.184 e. The van der Waals surface area contributed by atoms with E-state index in [1.807, 2.05) is 0 Å². The fraction of sp³-hybridized carbons (Fsp3) is 1.00. The van der Waals surface area contributed by atoms with E-state index in [1.165, 1.54) is 0 Å². The van der Waals surface area contributed by atoms with Gasteiger partial charge in [-0.25, -0.2) is 0 Å². The van der Waals surface area contributed by atoms with Crippen molar-refractivity contribution >= 4 is 16.6 Å². The van der Waals surface area contributed by atoms with Crippen molar-refractivity contribution in [2.75, 3.05) is 13.2 Å². The van der Waals surface area contributed by atoms with Crippen molar-refractivity contribution in [2.45, 2.75) is 63.7 Å². The first-order valence-electron chi connectivity index (χ1n) is 6.74. The topological polar surface area (TPSA) is 36.9 Å². The number of fused-ring (bicyclic) bond motifs is 1. The molecule has 18 heavy (non-hydrogen) atoms. The summed E-state index contributed by atoms with van der Waals surface area (Å²) in [5.74, 6) is 0. The molecular weight excluding hydrogens is 264 g/mol. The maximum absolute atomic E-state index is 6.14. The van der Waals surface area contributed by atoms with Crippen molar-refractivity contribution in [1.29, 1.82) is 0 Å². The Balaban J connectivity index is 1.95. The highest BCUT2D eigenvalue weighted by Gasteiger charge is 2.50. The molecule has 6 heteroatoms. The van der Waals surface area contributed by atoms with E-state index in [2.05, 4.69) is 39.3 Å². The monoisotopic (exact) mass is 290 g/mol. The van der Waals surface area contributed by atoms with Crippen LogP contribution in [0.15, 0.2) is 0 Å². The molecule has 0 saturated carbocycles. The van der Waals surface area contributed by atoms with E-state index in [0.717, 1.165) is 0 Å². The van der Waals surface area contributed by atoms with Crippen LogP contribution in [0.2, 0.25) is 39.3 Å². The van der Waals surface area contributed by atoms with Crippen LogP contribution < -0.4 is 0 Å². The number of hydrogen-bond acceptors (Lipinski definition) is 4. The van der Waals surface area contributed by atoms with Gasteiger partial charge < -0.3 is 18.3 Å². The zero-order valence-corrected chi connectivity index (χ0v) is 14.4. The van der Waals surface area contributed by atoms with E-state index in [-0.39, 0.29) is 24.4 Å². The minimum absolute atomic E-state index is 0.0677. The molecule has 2 aliphatic rings. The molecule has 0 amide bonds. The van der Waals surface area contributed by atoms with E-state index in [9.17, 15) is 0 Å². The van der Waals surface area contributed by atoms with Gasteiger partial charge >= 0.3 is 0 Å². The summed E-state index contributed by atoms with van der Waals surface area (Å²) < 4.78 is 24.0. The van der Waals surface area contributed by atoms with Crippen LogP contribution in [0.25, 0.3) is 0 Å². The van der Waals surface area contributed by atoms with Crippen LogP contribution in [-0.4, -0.2) is 54.3 Å². The van der Waals surface area contributed by atoms with Crippen molar-refractivity contribution in [3.63, 3.8) is 0 Å².